The molecule has 4 nitrogen and oxygen atoms in total. The summed E-state index contributed by atoms with van der Waals surface area (Å²) in [6, 6.07) is 7.24. The van der Waals surface area contributed by atoms with Crippen molar-refractivity contribution in [2.24, 2.45) is 11.7 Å². The van der Waals surface area contributed by atoms with E-state index in [0.717, 1.165) is 31.2 Å². The number of carbonyl (C=O) groups is 1. The molecule has 1 amide bonds. The van der Waals surface area contributed by atoms with Crippen molar-refractivity contribution in [2.45, 2.75) is 44.8 Å². The number of hydrogen-bond donors (Lipinski definition) is 3. The quantitative estimate of drug-likeness (QED) is 0.785. The number of hydrogen-bond acceptors (Lipinski definition) is 3. The van der Waals surface area contributed by atoms with Crippen LogP contribution in [0.2, 0.25) is 0 Å². The van der Waals surface area contributed by atoms with Crippen molar-refractivity contribution in [3.8, 4) is 0 Å². The Hall–Kier alpha value is -1.39. The predicted octanol–water partition coefficient (Wildman–Crippen LogP) is 1.82. The van der Waals surface area contributed by atoms with E-state index in [4.69, 9.17) is 5.73 Å². The molecule has 4 N–H and O–H groups in total. The Morgan fingerprint density at radius 2 is 2.15 bits per heavy atom. The third kappa shape index (κ3) is 3.81. The fourth-order valence-corrected chi connectivity index (χ4v) is 2.93. The molecule has 0 aromatic heterocycles. The van der Waals surface area contributed by atoms with E-state index in [0.29, 0.717) is 24.6 Å². The Kier molecular flexibility index (Phi) is 4.78. The van der Waals surface area contributed by atoms with Crippen molar-refractivity contribution < 1.29 is 9.90 Å². The van der Waals surface area contributed by atoms with Gasteiger partial charge in [-0.25, -0.2) is 0 Å². The maximum atomic E-state index is 12.1. The third-order valence-corrected chi connectivity index (χ3v) is 4.10. The summed E-state index contributed by atoms with van der Waals surface area (Å²) in [5.74, 6) is 0.384. The molecule has 2 atom stereocenters. The molecule has 1 saturated carbocycles. The van der Waals surface area contributed by atoms with Crippen molar-refractivity contribution in [2.75, 3.05) is 6.54 Å². The van der Waals surface area contributed by atoms with Gasteiger partial charge in [0.2, 0.25) is 0 Å². The molecule has 0 bridgehead atoms. The van der Waals surface area contributed by atoms with Gasteiger partial charge in [0.25, 0.3) is 5.91 Å². The van der Waals surface area contributed by atoms with E-state index in [1.165, 1.54) is 0 Å². The lowest BCUT2D eigenvalue weighted by Crippen LogP contribution is -2.45. The standard InChI is InChI=1S/C16H24N2O2/c1-12-3-2-8-16(20,9-12)11-18-15(19)14-6-4-13(10-17)5-7-14/h4-7,12,20H,2-3,8-11,17H2,1H3,(H,18,19). The Balaban J connectivity index is 1.90. The zero-order valence-electron chi connectivity index (χ0n) is 12.1. The van der Waals surface area contributed by atoms with Gasteiger partial charge >= 0.3 is 0 Å². The fourth-order valence-electron chi connectivity index (χ4n) is 2.93. The highest BCUT2D eigenvalue weighted by atomic mass is 16.3. The third-order valence-electron chi connectivity index (χ3n) is 4.10. The zero-order valence-corrected chi connectivity index (χ0v) is 12.1. The van der Waals surface area contributed by atoms with Crippen LogP contribution in [0.3, 0.4) is 0 Å². The molecule has 0 radical (unpaired) electrons. The first kappa shape index (κ1) is 15.0. The molecule has 110 valence electrons. The lowest BCUT2D eigenvalue weighted by Gasteiger charge is -2.35. The number of aliphatic hydroxyl groups is 1. The van der Waals surface area contributed by atoms with Crippen molar-refractivity contribution in [1.82, 2.24) is 5.32 Å². The highest BCUT2D eigenvalue weighted by molar-refractivity contribution is 5.94. The maximum Gasteiger partial charge on any atom is 0.251 e. The molecule has 1 fully saturated rings. The second-order valence-corrected chi connectivity index (χ2v) is 6.01. The van der Waals surface area contributed by atoms with Gasteiger partial charge in [0.1, 0.15) is 0 Å². The van der Waals surface area contributed by atoms with E-state index in [-0.39, 0.29) is 5.91 Å². The topological polar surface area (TPSA) is 75.3 Å². The van der Waals surface area contributed by atoms with Crippen LogP contribution in [0.4, 0.5) is 0 Å². The number of carbonyl (C=O) groups excluding carboxylic acids is 1. The Morgan fingerprint density at radius 1 is 1.45 bits per heavy atom. The van der Waals surface area contributed by atoms with E-state index < -0.39 is 5.60 Å². The van der Waals surface area contributed by atoms with Crippen molar-refractivity contribution in [3.63, 3.8) is 0 Å². The summed E-state index contributed by atoms with van der Waals surface area (Å²) in [5, 5.41) is 13.3. The van der Waals surface area contributed by atoms with Crippen LogP contribution in [0.25, 0.3) is 0 Å². The van der Waals surface area contributed by atoms with Crippen LogP contribution < -0.4 is 11.1 Å². The van der Waals surface area contributed by atoms with Crippen LogP contribution in [0.15, 0.2) is 24.3 Å². The van der Waals surface area contributed by atoms with Gasteiger partial charge in [-0.3, -0.25) is 4.79 Å². The fraction of sp³-hybridized carbons (Fsp3) is 0.562. The van der Waals surface area contributed by atoms with E-state index in [2.05, 4.69) is 12.2 Å². The minimum atomic E-state index is -0.746. The molecule has 0 saturated heterocycles. The molecule has 0 aliphatic heterocycles. The zero-order chi connectivity index (χ0) is 14.6. The highest BCUT2D eigenvalue weighted by Gasteiger charge is 2.32. The highest BCUT2D eigenvalue weighted by Crippen LogP contribution is 2.31. The first-order valence-electron chi connectivity index (χ1n) is 7.32. The number of nitrogens with one attached hydrogen (secondary N) is 1. The number of rotatable bonds is 4. The average Bonchev–Trinajstić information content (AvgIpc) is 2.45. The number of benzene rings is 1. The van der Waals surface area contributed by atoms with Crippen molar-refractivity contribution in [1.29, 1.82) is 0 Å². The van der Waals surface area contributed by atoms with Gasteiger partial charge in [0.05, 0.1) is 5.60 Å². The number of nitrogens with two attached hydrogens (primary N) is 1. The summed E-state index contributed by atoms with van der Waals surface area (Å²) in [5.41, 5.74) is 6.39. The Morgan fingerprint density at radius 3 is 2.75 bits per heavy atom. The largest absolute Gasteiger partial charge is 0.388 e. The monoisotopic (exact) mass is 276 g/mol. The minimum absolute atomic E-state index is 0.139. The van der Waals surface area contributed by atoms with Gasteiger partial charge in [-0.15, -0.1) is 0 Å². The van der Waals surface area contributed by atoms with E-state index in [9.17, 15) is 9.90 Å². The SMILES string of the molecule is CC1CCCC(O)(CNC(=O)c2ccc(CN)cc2)C1. The van der Waals surface area contributed by atoms with Crippen molar-refractivity contribution in [3.05, 3.63) is 35.4 Å². The first-order chi connectivity index (χ1) is 9.52. The van der Waals surface area contributed by atoms with Crippen LogP contribution in [-0.4, -0.2) is 23.2 Å². The molecule has 2 unspecified atom stereocenters. The summed E-state index contributed by atoms with van der Waals surface area (Å²) >= 11 is 0. The lowest BCUT2D eigenvalue weighted by molar-refractivity contribution is -0.0109. The van der Waals surface area contributed by atoms with Crippen LogP contribution in [-0.2, 0) is 6.54 Å². The van der Waals surface area contributed by atoms with Crippen LogP contribution in [0, 0.1) is 5.92 Å². The smallest absolute Gasteiger partial charge is 0.251 e. The average molecular weight is 276 g/mol. The predicted molar refractivity (Wildman–Crippen MR) is 79.2 cm³/mol. The lowest BCUT2D eigenvalue weighted by atomic mass is 9.79. The summed E-state index contributed by atoms with van der Waals surface area (Å²) in [6.45, 7) is 2.95. The molecule has 2 rings (SSSR count). The molecular formula is C16H24N2O2. The summed E-state index contributed by atoms with van der Waals surface area (Å²) < 4.78 is 0. The summed E-state index contributed by atoms with van der Waals surface area (Å²) in [7, 11) is 0. The van der Waals surface area contributed by atoms with Gasteiger partial charge in [0, 0.05) is 18.7 Å². The minimum Gasteiger partial charge on any atom is -0.388 e. The van der Waals surface area contributed by atoms with Crippen molar-refractivity contribution >= 4 is 5.91 Å². The summed E-state index contributed by atoms with van der Waals surface area (Å²) in [6.07, 6.45) is 3.72. The van der Waals surface area contributed by atoms with Gasteiger partial charge in [-0.2, -0.15) is 0 Å². The molecule has 1 aromatic carbocycles. The second kappa shape index (κ2) is 6.37. The van der Waals surface area contributed by atoms with Crippen LogP contribution >= 0.6 is 0 Å². The Labute approximate surface area is 120 Å². The van der Waals surface area contributed by atoms with Gasteiger partial charge < -0.3 is 16.2 Å². The van der Waals surface area contributed by atoms with Crippen LogP contribution in [0.5, 0.6) is 0 Å². The Bertz CT molecular complexity index is 458. The van der Waals surface area contributed by atoms with Gasteiger partial charge in [-0.05, 0) is 36.5 Å². The van der Waals surface area contributed by atoms with E-state index in [1.54, 1.807) is 12.1 Å². The molecule has 1 aliphatic rings. The molecular weight excluding hydrogens is 252 g/mol. The molecule has 20 heavy (non-hydrogen) atoms. The molecule has 4 heteroatoms. The molecule has 1 aliphatic carbocycles. The van der Waals surface area contributed by atoms with E-state index in [1.807, 2.05) is 12.1 Å². The van der Waals surface area contributed by atoms with E-state index >= 15 is 0 Å². The molecule has 1 aromatic rings. The molecule has 0 spiro atoms. The molecule has 0 heterocycles. The first-order valence-corrected chi connectivity index (χ1v) is 7.32. The van der Waals surface area contributed by atoms with Gasteiger partial charge in [-0.1, -0.05) is 31.9 Å². The number of amides is 1. The summed E-state index contributed by atoms with van der Waals surface area (Å²) in [4.78, 5) is 12.1. The second-order valence-electron chi connectivity index (χ2n) is 6.01. The van der Waals surface area contributed by atoms with Gasteiger partial charge in [0.15, 0.2) is 0 Å². The van der Waals surface area contributed by atoms with Crippen LogP contribution in [0.1, 0.15) is 48.5 Å². The maximum absolute atomic E-state index is 12.1. The normalized spacial score (nSPS) is 26.2.